The third kappa shape index (κ3) is 2.98. The Labute approximate surface area is 150 Å². The van der Waals surface area contributed by atoms with Crippen molar-refractivity contribution in [2.24, 2.45) is 0 Å². The normalized spacial score (nSPS) is 17.0. The standard InChI is InChI=1S/C18H21N5O3/c1-12-17(13(2)26-21-12)15-6-3-9-22(15)18(24)20-16-7-8-19-23(16)11-14-5-4-10-25-14/h4-5,7-8,10,15H,3,6,9,11H2,1-2H3,(H,20,24). The first-order valence-electron chi connectivity index (χ1n) is 8.68. The topological polar surface area (TPSA) is 89.3 Å². The van der Waals surface area contributed by atoms with Gasteiger partial charge in [-0.25, -0.2) is 9.48 Å². The smallest absolute Gasteiger partial charge is 0.323 e. The lowest BCUT2D eigenvalue weighted by atomic mass is 10.0. The monoisotopic (exact) mass is 355 g/mol. The molecule has 0 bridgehead atoms. The van der Waals surface area contributed by atoms with Crippen LogP contribution in [-0.2, 0) is 6.54 Å². The zero-order valence-electron chi connectivity index (χ0n) is 14.8. The number of likely N-dealkylation sites (tertiary alicyclic amines) is 1. The van der Waals surface area contributed by atoms with Crippen molar-refractivity contribution in [3.63, 3.8) is 0 Å². The Kier molecular flexibility index (Phi) is 4.24. The van der Waals surface area contributed by atoms with E-state index >= 15 is 0 Å². The van der Waals surface area contributed by atoms with Gasteiger partial charge in [-0.1, -0.05) is 5.16 Å². The molecule has 1 aliphatic rings. The molecule has 0 saturated carbocycles. The van der Waals surface area contributed by atoms with E-state index in [0.29, 0.717) is 18.9 Å². The molecule has 3 aromatic rings. The summed E-state index contributed by atoms with van der Waals surface area (Å²) in [6, 6.07) is 5.33. The molecular formula is C18H21N5O3. The summed E-state index contributed by atoms with van der Waals surface area (Å²) in [6.45, 7) is 4.97. The van der Waals surface area contributed by atoms with Gasteiger partial charge in [0.05, 0.1) is 24.2 Å². The number of carbonyl (C=O) groups is 1. The van der Waals surface area contributed by atoms with Gasteiger partial charge >= 0.3 is 6.03 Å². The molecule has 4 rings (SSSR count). The SMILES string of the molecule is Cc1noc(C)c1C1CCCN1C(=O)Nc1ccnn1Cc1ccco1. The predicted octanol–water partition coefficient (Wildman–Crippen LogP) is 3.50. The highest BCUT2D eigenvalue weighted by molar-refractivity contribution is 5.89. The second-order valence-electron chi connectivity index (χ2n) is 6.47. The van der Waals surface area contributed by atoms with E-state index in [1.165, 1.54) is 0 Å². The minimum atomic E-state index is -0.145. The molecule has 8 heteroatoms. The Hall–Kier alpha value is -3.03. The number of aromatic nitrogens is 3. The van der Waals surface area contributed by atoms with Crippen LogP contribution in [0.25, 0.3) is 0 Å². The van der Waals surface area contributed by atoms with Crippen molar-refractivity contribution in [3.8, 4) is 0 Å². The van der Waals surface area contributed by atoms with Gasteiger partial charge in [0, 0.05) is 18.2 Å². The number of hydrogen-bond donors (Lipinski definition) is 1. The molecule has 26 heavy (non-hydrogen) atoms. The van der Waals surface area contributed by atoms with Crippen LogP contribution in [-0.4, -0.2) is 32.4 Å². The maximum atomic E-state index is 12.9. The summed E-state index contributed by atoms with van der Waals surface area (Å²) >= 11 is 0. The molecule has 1 saturated heterocycles. The third-order valence-corrected chi connectivity index (χ3v) is 4.77. The van der Waals surface area contributed by atoms with Crippen molar-refractivity contribution in [3.05, 3.63) is 53.4 Å². The van der Waals surface area contributed by atoms with Crippen LogP contribution >= 0.6 is 0 Å². The van der Waals surface area contributed by atoms with Crippen molar-refractivity contribution < 1.29 is 13.7 Å². The molecule has 8 nitrogen and oxygen atoms in total. The molecule has 1 N–H and O–H groups in total. The number of carbonyl (C=O) groups excluding carboxylic acids is 1. The molecule has 1 fully saturated rings. The Bertz CT molecular complexity index is 876. The summed E-state index contributed by atoms with van der Waals surface area (Å²) in [6.07, 6.45) is 5.14. The van der Waals surface area contributed by atoms with Crippen LogP contribution in [0.3, 0.4) is 0 Å². The summed E-state index contributed by atoms with van der Waals surface area (Å²) < 4.78 is 12.4. The predicted molar refractivity (Wildman–Crippen MR) is 93.7 cm³/mol. The van der Waals surface area contributed by atoms with Gasteiger partial charge in [-0.15, -0.1) is 0 Å². The van der Waals surface area contributed by atoms with Gasteiger partial charge in [-0.05, 0) is 38.8 Å². The lowest BCUT2D eigenvalue weighted by molar-refractivity contribution is 0.206. The number of nitrogens with one attached hydrogen (secondary N) is 1. The third-order valence-electron chi connectivity index (χ3n) is 4.77. The Morgan fingerprint density at radius 3 is 3.00 bits per heavy atom. The number of rotatable bonds is 4. The van der Waals surface area contributed by atoms with Gasteiger partial charge in [0.2, 0.25) is 0 Å². The molecule has 1 aliphatic heterocycles. The van der Waals surface area contributed by atoms with Gasteiger partial charge in [0.25, 0.3) is 0 Å². The molecule has 2 amide bonds. The van der Waals surface area contributed by atoms with E-state index < -0.39 is 0 Å². The lowest BCUT2D eigenvalue weighted by Gasteiger charge is -2.25. The van der Waals surface area contributed by atoms with Gasteiger partial charge in [-0.2, -0.15) is 5.10 Å². The van der Waals surface area contributed by atoms with E-state index in [4.69, 9.17) is 8.94 Å². The Morgan fingerprint density at radius 1 is 1.38 bits per heavy atom. The zero-order chi connectivity index (χ0) is 18.1. The minimum Gasteiger partial charge on any atom is -0.467 e. The number of amides is 2. The van der Waals surface area contributed by atoms with Crippen LogP contribution in [0, 0.1) is 13.8 Å². The van der Waals surface area contributed by atoms with E-state index in [1.807, 2.05) is 30.9 Å². The molecule has 1 atom stereocenters. The van der Waals surface area contributed by atoms with E-state index in [9.17, 15) is 4.79 Å². The molecule has 136 valence electrons. The van der Waals surface area contributed by atoms with E-state index in [1.54, 1.807) is 23.2 Å². The fourth-order valence-electron chi connectivity index (χ4n) is 3.57. The van der Waals surface area contributed by atoms with E-state index in [-0.39, 0.29) is 12.1 Å². The number of urea groups is 1. The van der Waals surface area contributed by atoms with E-state index in [0.717, 1.165) is 35.6 Å². The Balaban J connectivity index is 1.51. The average Bonchev–Trinajstić information content (AvgIpc) is 3.38. The van der Waals surface area contributed by atoms with Gasteiger partial charge in [-0.3, -0.25) is 5.32 Å². The maximum Gasteiger partial charge on any atom is 0.323 e. The molecule has 0 spiro atoms. The number of nitrogens with zero attached hydrogens (tertiary/aromatic N) is 4. The van der Waals surface area contributed by atoms with Crippen LogP contribution in [0.2, 0.25) is 0 Å². The van der Waals surface area contributed by atoms with Crippen molar-refractivity contribution in [1.29, 1.82) is 0 Å². The number of hydrogen-bond acceptors (Lipinski definition) is 5. The largest absolute Gasteiger partial charge is 0.467 e. The maximum absolute atomic E-state index is 12.9. The second-order valence-corrected chi connectivity index (χ2v) is 6.47. The van der Waals surface area contributed by atoms with Crippen LogP contribution in [0.15, 0.2) is 39.6 Å². The highest BCUT2D eigenvalue weighted by Gasteiger charge is 2.34. The first-order chi connectivity index (χ1) is 12.6. The second kappa shape index (κ2) is 6.70. The fraction of sp³-hybridized carbons (Fsp3) is 0.389. The summed E-state index contributed by atoms with van der Waals surface area (Å²) in [5.74, 6) is 2.19. The summed E-state index contributed by atoms with van der Waals surface area (Å²) in [5, 5.41) is 11.3. The molecule has 4 heterocycles. The van der Waals surface area contributed by atoms with Crippen LogP contribution in [0.4, 0.5) is 10.6 Å². The number of aryl methyl sites for hydroxylation is 2. The molecule has 1 unspecified atom stereocenters. The summed E-state index contributed by atoms with van der Waals surface area (Å²) in [4.78, 5) is 14.7. The van der Waals surface area contributed by atoms with Crippen molar-refractivity contribution in [2.45, 2.75) is 39.3 Å². The van der Waals surface area contributed by atoms with Crippen LogP contribution in [0.5, 0.6) is 0 Å². The van der Waals surface area contributed by atoms with Gasteiger partial charge in [0.15, 0.2) is 0 Å². The highest BCUT2D eigenvalue weighted by atomic mass is 16.5. The number of furan rings is 1. The van der Waals surface area contributed by atoms with E-state index in [2.05, 4.69) is 15.6 Å². The molecule has 0 aromatic carbocycles. The lowest BCUT2D eigenvalue weighted by Crippen LogP contribution is -2.35. The summed E-state index contributed by atoms with van der Waals surface area (Å²) in [7, 11) is 0. The fourth-order valence-corrected chi connectivity index (χ4v) is 3.57. The van der Waals surface area contributed by atoms with Gasteiger partial charge in [0.1, 0.15) is 23.9 Å². The molecule has 0 aliphatic carbocycles. The quantitative estimate of drug-likeness (QED) is 0.774. The zero-order valence-corrected chi connectivity index (χ0v) is 14.8. The highest BCUT2D eigenvalue weighted by Crippen LogP contribution is 2.35. The average molecular weight is 355 g/mol. The Morgan fingerprint density at radius 2 is 2.27 bits per heavy atom. The summed E-state index contributed by atoms with van der Waals surface area (Å²) in [5.41, 5.74) is 1.86. The first kappa shape index (κ1) is 16.4. The first-order valence-corrected chi connectivity index (χ1v) is 8.68. The minimum absolute atomic E-state index is 0.0114. The van der Waals surface area contributed by atoms with Crippen molar-refractivity contribution >= 4 is 11.8 Å². The van der Waals surface area contributed by atoms with Crippen molar-refractivity contribution in [2.75, 3.05) is 11.9 Å². The van der Waals surface area contributed by atoms with Crippen LogP contribution in [0.1, 0.15) is 41.7 Å². The molecular weight excluding hydrogens is 334 g/mol. The van der Waals surface area contributed by atoms with Crippen LogP contribution < -0.4 is 5.32 Å². The van der Waals surface area contributed by atoms with Crippen molar-refractivity contribution in [1.82, 2.24) is 19.8 Å². The number of anilines is 1. The molecule has 0 radical (unpaired) electrons. The van der Waals surface area contributed by atoms with Gasteiger partial charge < -0.3 is 13.8 Å². The molecule has 3 aromatic heterocycles.